The first-order chi connectivity index (χ1) is 19.6. The van der Waals surface area contributed by atoms with Crippen molar-refractivity contribution in [3.8, 4) is 28.2 Å². The lowest BCUT2D eigenvalue weighted by atomic mass is 10.1. The summed E-state index contributed by atoms with van der Waals surface area (Å²) in [5, 5.41) is 11.4. The van der Waals surface area contributed by atoms with Crippen LogP contribution in [0.5, 0.6) is 0 Å². The second-order valence-electron chi connectivity index (χ2n) is 9.31. The average Bonchev–Trinajstić information content (AvgIpc) is 3.64. The topological polar surface area (TPSA) is 82.4 Å². The number of imidazole rings is 1. The van der Waals surface area contributed by atoms with E-state index >= 15 is 0 Å². The minimum Gasteiger partial charge on any atom is -0.309 e. The Hall–Kier alpha value is -5.34. The number of aromatic nitrogens is 3. The molecular weight excluding hydrogens is 520 g/mol. The SMILES string of the molecule is O=c1c(=Cc2cc(-c3ccccc3)n(-c3ccc([N+](=O)[O-])cc3)c2-c2ccccc2)sc2nc3ccccc3n12. The minimum atomic E-state index is -0.401. The lowest BCUT2D eigenvalue weighted by Gasteiger charge is -2.15. The fourth-order valence-corrected chi connectivity index (χ4v) is 6.08. The number of hydrogen-bond donors (Lipinski definition) is 0. The molecule has 3 heterocycles. The van der Waals surface area contributed by atoms with Crippen LogP contribution in [-0.2, 0) is 0 Å². The zero-order valence-corrected chi connectivity index (χ0v) is 21.8. The number of fused-ring (bicyclic) bond motifs is 3. The molecule has 8 heteroatoms. The normalized spacial score (nSPS) is 11.9. The zero-order valence-electron chi connectivity index (χ0n) is 21.0. The van der Waals surface area contributed by atoms with E-state index in [0.29, 0.717) is 9.49 Å². The van der Waals surface area contributed by atoms with Crippen LogP contribution in [0.3, 0.4) is 0 Å². The van der Waals surface area contributed by atoms with Gasteiger partial charge in [0.1, 0.15) is 0 Å². The van der Waals surface area contributed by atoms with Gasteiger partial charge in [-0.25, -0.2) is 9.38 Å². The molecule has 0 bridgehead atoms. The highest BCUT2D eigenvalue weighted by Crippen LogP contribution is 2.37. The molecule has 3 aromatic heterocycles. The van der Waals surface area contributed by atoms with Crippen molar-refractivity contribution in [2.24, 2.45) is 0 Å². The maximum Gasteiger partial charge on any atom is 0.274 e. The molecule has 0 fully saturated rings. The van der Waals surface area contributed by atoms with Gasteiger partial charge in [0.15, 0.2) is 4.96 Å². The quantitative estimate of drug-likeness (QED) is 0.185. The maximum absolute atomic E-state index is 13.6. The summed E-state index contributed by atoms with van der Waals surface area (Å²) in [4.78, 5) is 29.9. The Morgan fingerprint density at radius 3 is 2.15 bits per heavy atom. The molecule has 0 saturated heterocycles. The van der Waals surface area contributed by atoms with Gasteiger partial charge in [-0.1, -0.05) is 84.1 Å². The van der Waals surface area contributed by atoms with Gasteiger partial charge in [0.05, 0.1) is 31.9 Å². The molecule has 0 saturated carbocycles. The van der Waals surface area contributed by atoms with Crippen molar-refractivity contribution in [3.05, 3.63) is 146 Å². The largest absolute Gasteiger partial charge is 0.309 e. The van der Waals surface area contributed by atoms with E-state index in [4.69, 9.17) is 0 Å². The van der Waals surface area contributed by atoms with Gasteiger partial charge < -0.3 is 4.57 Å². The van der Waals surface area contributed by atoms with Crippen LogP contribution in [0.15, 0.2) is 120 Å². The summed E-state index contributed by atoms with van der Waals surface area (Å²) in [6, 6.07) is 36.1. The van der Waals surface area contributed by atoms with Crippen LogP contribution in [0.1, 0.15) is 5.56 Å². The van der Waals surface area contributed by atoms with Gasteiger partial charge >= 0.3 is 0 Å². The van der Waals surface area contributed by atoms with E-state index in [9.17, 15) is 14.9 Å². The molecule has 40 heavy (non-hydrogen) atoms. The highest BCUT2D eigenvalue weighted by atomic mass is 32.1. The first-order valence-electron chi connectivity index (χ1n) is 12.6. The number of hydrogen-bond acceptors (Lipinski definition) is 5. The maximum atomic E-state index is 13.6. The van der Waals surface area contributed by atoms with Crippen molar-refractivity contribution in [1.29, 1.82) is 0 Å². The molecule has 0 aliphatic heterocycles. The average molecular weight is 541 g/mol. The number of nitro groups is 1. The smallest absolute Gasteiger partial charge is 0.274 e. The van der Waals surface area contributed by atoms with Crippen LogP contribution < -0.4 is 10.1 Å². The van der Waals surface area contributed by atoms with E-state index in [1.54, 1.807) is 16.5 Å². The first-order valence-corrected chi connectivity index (χ1v) is 13.4. The van der Waals surface area contributed by atoms with Crippen molar-refractivity contribution >= 4 is 39.1 Å². The summed E-state index contributed by atoms with van der Waals surface area (Å²) in [7, 11) is 0. The Morgan fingerprint density at radius 2 is 1.45 bits per heavy atom. The van der Waals surface area contributed by atoms with Gasteiger partial charge in [-0.3, -0.25) is 14.9 Å². The second-order valence-corrected chi connectivity index (χ2v) is 10.3. The highest BCUT2D eigenvalue weighted by Gasteiger charge is 2.20. The van der Waals surface area contributed by atoms with Crippen molar-refractivity contribution in [3.63, 3.8) is 0 Å². The highest BCUT2D eigenvalue weighted by molar-refractivity contribution is 7.15. The summed E-state index contributed by atoms with van der Waals surface area (Å²) in [6.45, 7) is 0. The number of para-hydroxylation sites is 2. The third-order valence-corrected chi connectivity index (χ3v) is 7.87. The molecule has 0 unspecified atom stereocenters. The van der Waals surface area contributed by atoms with Crippen LogP contribution in [0.4, 0.5) is 5.69 Å². The molecule has 0 aliphatic carbocycles. The van der Waals surface area contributed by atoms with Gasteiger partial charge in [0.2, 0.25) is 0 Å². The summed E-state index contributed by atoms with van der Waals surface area (Å²) in [5.41, 5.74) is 6.83. The predicted molar refractivity (Wildman–Crippen MR) is 159 cm³/mol. The summed E-state index contributed by atoms with van der Waals surface area (Å²) < 4.78 is 4.34. The summed E-state index contributed by atoms with van der Waals surface area (Å²) in [5.74, 6) is 0. The summed E-state index contributed by atoms with van der Waals surface area (Å²) >= 11 is 1.36. The van der Waals surface area contributed by atoms with Gasteiger partial charge in [0, 0.05) is 23.4 Å². The van der Waals surface area contributed by atoms with Gasteiger partial charge in [-0.2, -0.15) is 0 Å². The molecule has 0 amide bonds. The molecule has 7 aromatic rings. The minimum absolute atomic E-state index is 0.0235. The van der Waals surface area contributed by atoms with Gasteiger partial charge in [-0.15, -0.1) is 0 Å². The Balaban J connectivity index is 1.54. The van der Waals surface area contributed by atoms with Crippen LogP contribution in [0.2, 0.25) is 0 Å². The second kappa shape index (κ2) is 9.44. The van der Waals surface area contributed by atoms with E-state index < -0.39 is 4.92 Å². The molecule has 0 aliphatic rings. The van der Waals surface area contributed by atoms with E-state index in [1.807, 2.05) is 91.0 Å². The van der Waals surface area contributed by atoms with Crippen LogP contribution in [0.25, 0.3) is 50.3 Å². The number of non-ortho nitro benzene ring substituents is 1. The standard InChI is InChI=1S/C32H20N4O3S/c37-31-29(40-32-33-26-13-7-8-14-27(26)35(31)32)20-23-19-28(21-9-3-1-4-10-21)34(30(23)22-11-5-2-6-12-22)24-15-17-25(18-16-24)36(38)39/h1-20H. The number of rotatable bonds is 5. The van der Waals surface area contributed by atoms with E-state index in [0.717, 1.165) is 44.8 Å². The molecule has 0 radical (unpaired) electrons. The molecule has 4 aromatic carbocycles. The molecule has 7 nitrogen and oxygen atoms in total. The molecular formula is C32H20N4O3S. The lowest BCUT2D eigenvalue weighted by molar-refractivity contribution is -0.384. The molecule has 0 N–H and O–H groups in total. The molecule has 0 atom stereocenters. The molecule has 192 valence electrons. The predicted octanol–water partition coefficient (Wildman–Crippen LogP) is 6.49. The summed E-state index contributed by atoms with van der Waals surface area (Å²) in [6.07, 6.45) is 1.92. The molecule has 7 rings (SSSR count). The fraction of sp³-hybridized carbons (Fsp3) is 0. The number of benzene rings is 4. The Labute approximate surface area is 231 Å². The van der Waals surface area contributed by atoms with Crippen LogP contribution in [-0.4, -0.2) is 18.9 Å². The van der Waals surface area contributed by atoms with Crippen LogP contribution in [0, 0.1) is 10.1 Å². The van der Waals surface area contributed by atoms with Crippen LogP contribution >= 0.6 is 11.3 Å². The first kappa shape index (κ1) is 23.8. The van der Waals surface area contributed by atoms with Crippen molar-refractivity contribution in [2.75, 3.05) is 0 Å². The Kier molecular flexibility index (Phi) is 5.61. The van der Waals surface area contributed by atoms with E-state index in [-0.39, 0.29) is 11.2 Å². The van der Waals surface area contributed by atoms with Gasteiger partial charge in [-0.05, 0) is 47.5 Å². The van der Waals surface area contributed by atoms with Crippen molar-refractivity contribution in [2.45, 2.75) is 0 Å². The van der Waals surface area contributed by atoms with Crippen molar-refractivity contribution < 1.29 is 4.92 Å². The third kappa shape index (κ3) is 3.90. The third-order valence-electron chi connectivity index (χ3n) is 6.90. The lowest BCUT2D eigenvalue weighted by Crippen LogP contribution is -2.22. The fourth-order valence-electron chi connectivity index (χ4n) is 5.10. The zero-order chi connectivity index (χ0) is 27.2. The van der Waals surface area contributed by atoms with Crippen molar-refractivity contribution in [1.82, 2.24) is 14.0 Å². The molecule has 0 spiro atoms. The monoisotopic (exact) mass is 540 g/mol. The van der Waals surface area contributed by atoms with Gasteiger partial charge in [0.25, 0.3) is 11.2 Å². The number of nitrogens with zero attached hydrogens (tertiary/aromatic N) is 4. The Bertz CT molecular complexity index is 2150. The Morgan fingerprint density at radius 1 is 0.800 bits per heavy atom. The number of nitro benzene ring substituents is 1. The number of thiazole rings is 1. The van der Waals surface area contributed by atoms with E-state index in [2.05, 4.69) is 15.6 Å². The van der Waals surface area contributed by atoms with E-state index in [1.165, 1.54) is 23.5 Å².